The lowest BCUT2D eigenvalue weighted by Gasteiger charge is -2.27. The van der Waals surface area contributed by atoms with E-state index in [4.69, 9.17) is 9.84 Å². The highest BCUT2D eigenvalue weighted by atomic mass is 79.9. The summed E-state index contributed by atoms with van der Waals surface area (Å²) < 4.78 is 32.5. The summed E-state index contributed by atoms with van der Waals surface area (Å²) in [5.41, 5.74) is 0.184. The Hall–Kier alpha value is -0.950. The normalized spacial score (nSPS) is 19.2. The molecule has 0 spiro atoms. The zero-order valence-corrected chi connectivity index (χ0v) is 12.5. The number of benzene rings is 1. The van der Waals surface area contributed by atoms with E-state index in [1.165, 1.54) is 6.08 Å². The molecule has 3 nitrogen and oxygen atoms in total. The van der Waals surface area contributed by atoms with Crippen LogP contribution < -0.4 is 4.74 Å². The lowest BCUT2D eigenvalue weighted by Crippen LogP contribution is -2.37. The van der Waals surface area contributed by atoms with Crippen molar-refractivity contribution in [1.82, 2.24) is 0 Å². The fourth-order valence-electron chi connectivity index (χ4n) is 1.78. The average molecular weight is 398 g/mol. The van der Waals surface area contributed by atoms with Gasteiger partial charge in [0.05, 0.1) is 10.0 Å². The molecule has 1 aromatic rings. The fourth-order valence-corrected chi connectivity index (χ4v) is 3.14. The third-order valence-electron chi connectivity index (χ3n) is 2.62. The van der Waals surface area contributed by atoms with E-state index in [0.29, 0.717) is 20.3 Å². The second-order valence-electron chi connectivity index (χ2n) is 3.92. The Labute approximate surface area is 124 Å². The molecule has 0 fully saturated rings. The predicted molar refractivity (Wildman–Crippen MR) is 72.7 cm³/mol. The summed E-state index contributed by atoms with van der Waals surface area (Å²) in [4.78, 5) is 11.1. The van der Waals surface area contributed by atoms with Crippen molar-refractivity contribution < 1.29 is 23.4 Å². The Morgan fingerprint density at radius 3 is 2.74 bits per heavy atom. The Morgan fingerprint density at radius 1 is 1.47 bits per heavy atom. The fraction of sp³-hybridized carbons (Fsp3) is 0.250. The first kappa shape index (κ1) is 14.5. The highest BCUT2D eigenvalue weighted by Crippen LogP contribution is 2.39. The van der Waals surface area contributed by atoms with Gasteiger partial charge < -0.3 is 9.84 Å². The second-order valence-corrected chi connectivity index (χ2v) is 5.69. The molecule has 19 heavy (non-hydrogen) atoms. The highest BCUT2D eigenvalue weighted by molar-refractivity contribution is 9.11. The summed E-state index contributed by atoms with van der Waals surface area (Å²) >= 11 is 6.50. The monoisotopic (exact) mass is 396 g/mol. The SMILES string of the molecule is O=C(O)C1=Cc2cc(Br)cc(Br)c2OC1C(F)CF. The highest BCUT2D eigenvalue weighted by Gasteiger charge is 2.35. The molecule has 0 bridgehead atoms. The number of carboxylic acid groups (broad SMARTS) is 1. The minimum Gasteiger partial charge on any atom is -0.480 e. The van der Waals surface area contributed by atoms with Crippen LogP contribution >= 0.6 is 31.9 Å². The summed E-state index contributed by atoms with van der Waals surface area (Å²) in [7, 11) is 0. The number of alkyl halides is 2. The van der Waals surface area contributed by atoms with Gasteiger partial charge in [-0.2, -0.15) is 0 Å². The molecule has 0 saturated heterocycles. The summed E-state index contributed by atoms with van der Waals surface area (Å²) in [6.45, 7) is -1.31. The van der Waals surface area contributed by atoms with E-state index >= 15 is 0 Å². The zero-order chi connectivity index (χ0) is 14.2. The molecule has 2 unspecified atom stereocenters. The minimum atomic E-state index is -2.02. The van der Waals surface area contributed by atoms with Crippen LogP contribution in [-0.4, -0.2) is 30.0 Å². The molecule has 1 heterocycles. The van der Waals surface area contributed by atoms with Crippen LogP contribution in [0, 0.1) is 0 Å². The van der Waals surface area contributed by atoms with Crippen molar-refractivity contribution in [2.45, 2.75) is 12.3 Å². The van der Waals surface area contributed by atoms with Gasteiger partial charge >= 0.3 is 5.97 Å². The third kappa shape index (κ3) is 2.81. The van der Waals surface area contributed by atoms with E-state index in [9.17, 15) is 13.6 Å². The van der Waals surface area contributed by atoms with Crippen LogP contribution in [0.5, 0.6) is 5.75 Å². The first-order valence-electron chi connectivity index (χ1n) is 5.24. The standard InChI is InChI=1S/C12H8Br2F2O3/c13-6-1-5-2-7(12(17)18)11(9(16)4-15)19-10(5)8(14)3-6/h1-3,9,11H,4H2,(H,17,18). The largest absolute Gasteiger partial charge is 0.480 e. The maximum atomic E-state index is 13.5. The maximum absolute atomic E-state index is 13.5. The van der Waals surface area contributed by atoms with E-state index in [1.54, 1.807) is 12.1 Å². The van der Waals surface area contributed by atoms with Crippen molar-refractivity contribution in [3.8, 4) is 5.75 Å². The van der Waals surface area contributed by atoms with Crippen LogP contribution in [-0.2, 0) is 4.79 Å². The van der Waals surface area contributed by atoms with Crippen molar-refractivity contribution >= 4 is 43.9 Å². The number of rotatable bonds is 3. The molecule has 1 aliphatic heterocycles. The van der Waals surface area contributed by atoms with Crippen LogP contribution in [0.15, 0.2) is 26.7 Å². The maximum Gasteiger partial charge on any atom is 0.335 e. The number of fused-ring (bicyclic) bond motifs is 1. The quantitative estimate of drug-likeness (QED) is 0.844. The Balaban J connectivity index is 2.54. The molecular formula is C12H8Br2F2O3. The molecule has 0 saturated carbocycles. The van der Waals surface area contributed by atoms with Gasteiger partial charge in [-0.15, -0.1) is 0 Å². The van der Waals surface area contributed by atoms with Crippen molar-refractivity contribution in [1.29, 1.82) is 0 Å². The van der Waals surface area contributed by atoms with Gasteiger partial charge in [0.15, 0.2) is 12.3 Å². The van der Waals surface area contributed by atoms with Crippen LogP contribution in [0.3, 0.4) is 0 Å². The van der Waals surface area contributed by atoms with Gasteiger partial charge in [-0.05, 0) is 34.1 Å². The van der Waals surface area contributed by atoms with Gasteiger partial charge in [0.25, 0.3) is 0 Å². The lowest BCUT2D eigenvalue weighted by molar-refractivity contribution is -0.134. The Morgan fingerprint density at radius 2 is 2.16 bits per heavy atom. The molecule has 1 aromatic carbocycles. The molecule has 102 valence electrons. The first-order valence-corrected chi connectivity index (χ1v) is 6.83. The predicted octanol–water partition coefficient (Wildman–Crippen LogP) is 3.75. The van der Waals surface area contributed by atoms with Crippen molar-refractivity contribution in [3.05, 3.63) is 32.2 Å². The van der Waals surface area contributed by atoms with Gasteiger partial charge in [0, 0.05) is 10.0 Å². The molecule has 7 heteroatoms. The van der Waals surface area contributed by atoms with Crippen LogP contribution in [0.1, 0.15) is 5.56 Å². The molecule has 0 radical (unpaired) electrons. The number of halogens is 4. The third-order valence-corrected chi connectivity index (χ3v) is 3.67. The molecule has 1 N–H and O–H groups in total. The van der Waals surface area contributed by atoms with Crippen molar-refractivity contribution in [3.63, 3.8) is 0 Å². The molecule has 0 amide bonds. The lowest BCUT2D eigenvalue weighted by atomic mass is 9.99. The molecular weight excluding hydrogens is 390 g/mol. The van der Waals surface area contributed by atoms with E-state index in [2.05, 4.69) is 31.9 Å². The summed E-state index contributed by atoms with van der Waals surface area (Å²) in [5, 5.41) is 9.06. The average Bonchev–Trinajstić information content (AvgIpc) is 2.36. The van der Waals surface area contributed by atoms with Gasteiger partial charge in [-0.1, -0.05) is 15.9 Å². The van der Waals surface area contributed by atoms with Gasteiger partial charge in [-0.3, -0.25) is 0 Å². The Bertz CT molecular complexity index is 560. The van der Waals surface area contributed by atoms with Crippen molar-refractivity contribution in [2.75, 3.05) is 6.67 Å². The van der Waals surface area contributed by atoms with Gasteiger partial charge in [0.2, 0.25) is 0 Å². The number of carbonyl (C=O) groups is 1. The summed E-state index contributed by atoms with van der Waals surface area (Å²) in [5.74, 6) is -1.03. The molecule has 0 aromatic heterocycles. The minimum absolute atomic E-state index is 0.300. The van der Waals surface area contributed by atoms with E-state index in [1.807, 2.05) is 0 Å². The second kappa shape index (κ2) is 5.58. The van der Waals surface area contributed by atoms with Gasteiger partial charge in [-0.25, -0.2) is 13.6 Å². The molecule has 0 aliphatic carbocycles. The smallest absolute Gasteiger partial charge is 0.335 e. The van der Waals surface area contributed by atoms with Crippen LogP contribution in [0.25, 0.3) is 6.08 Å². The van der Waals surface area contributed by atoms with E-state index < -0.39 is 24.9 Å². The molecule has 2 rings (SSSR count). The number of hydrogen-bond acceptors (Lipinski definition) is 2. The summed E-state index contributed by atoms with van der Waals surface area (Å²) in [6, 6.07) is 3.32. The van der Waals surface area contributed by atoms with Crippen LogP contribution in [0.4, 0.5) is 8.78 Å². The van der Waals surface area contributed by atoms with E-state index in [-0.39, 0.29) is 5.57 Å². The number of ether oxygens (including phenoxy) is 1. The van der Waals surface area contributed by atoms with Gasteiger partial charge in [0.1, 0.15) is 12.4 Å². The van der Waals surface area contributed by atoms with Crippen molar-refractivity contribution in [2.24, 2.45) is 0 Å². The topological polar surface area (TPSA) is 46.5 Å². The number of aliphatic carboxylic acids is 1. The van der Waals surface area contributed by atoms with Crippen LogP contribution in [0.2, 0.25) is 0 Å². The number of hydrogen-bond donors (Lipinski definition) is 1. The molecule has 2 atom stereocenters. The number of carboxylic acids is 1. The first-order chi connectivity index (χ1) is 8.93. The summed E-state index contributed by atoms with van der Waals surface area (Å²) in [6.07, 6.45) is -2.18. The Kier molecular flexibility index (Phi) is 4.25. The molecule has 1 aliphatic rings. The zero-order valence-electron chi connectivity index (χ0n) is 9.37. The van der Waals surface area contributed by atoms with E-state index in [0.717, 1.165) is 0 Å².